The normalized spacial score (nSPS) is 34.2. The lowest BCUT2D eigenvalue weighted by Crippen LogP contribution is -2.41. The molecule has 0 radical (unpaired) electrons. The van der Waals surface area contributed by atoms with Gasteiger partial charge in [0.2, 0.25) is 0 Å². The fourth-order valence-electron chi connectivity index (χ4n) is 1.76. The van der Waals surface area contributed by atoms with Crippen LogP contribution in [0, 0.1) is 5.41 Å². The molecule has 0 N–H and O–H groups in total. The SMILES string of the molecule is CC1CC(C)(C)CCN1C. The number of hydrogen-bond acceptors (Lipinski definition) is 1. The number of likely N-dealkylation sites (tertiary alicyclic amines) is 1. The van der Waals surface area contributed by atoms with Gasteiger partial charge in [0.05, 0.1) is 0 Å². The van der Waals surface area contributed by atoms with Crippen LogP contribution >= 0.6 is 0 Å². The van der Waals surface area contributed by atoms with Gasteiger partial charge in [-0.15, -0.1) is 0 Å². The van der Waals surface area contributed by atoms with Gasteiger partial charge >= 0.3 is 0 Å². The molecule has 1 fully saturated rings. The molecule has 0 aromatic carbocycles. The zero-order valence-corrected chi connectivity index (χ0v) is 7.65. The van der Waals surface area contributed by atoms with Crippen molar-refractivity contribution in [2.75, 3.05) is 13.6 Å². The molecule has 60 valence electrons. The molecule has 1 rings (SSSR count). The van der Waals surface area contributed by atoms with E-state index >= 15 is 0 Å². The van der Waals surface area contributed by atoms with Crippen molar-refractivity contribution in [1.82, 2.24) is 4.90 Å². The average molecular weight is 141 g/mol. The maximum atomic E-state index is 2.45. The number of hydrogen-bond donors (Lipinski definition) is 0. The summed E-state index contributed by atoms with van der Waals surface area (Å²) in [5.41, 5.74) is 0.589. The van der Waals surface area contributed by atoms with E-state index in [-0.39, 0.29) is 0 Å². The molecule has 1 saturated heterocycles. The first-order chi connectivity index (χ1) is 4.51. The second kappa shape index (κ2) is 2.54. The largest absolute Gasteiger partial charge is 0.304 e. The molecule has 1 aliphatic rings. The van der Waals surface area contributed by atoms with Crippen molar-refractivity contribution in [3.8, 4) is 0 Å². The van der Waals surface area contributed by atoms with E-state index in [4.69, 9.17) is 0 Å². The van der Waals surface area contributed by atoms with Gasteiger partial charge in [-0.25, -0.2) is 0 Å². The number of rotatable bonds is 0. The van der Waals surface area contributed by atoms with E-state index in [1.807, 2.05) is 0 Å². The average Bonchev–Trinajstić information content (AvgIpc) is 1.79. The predicted molar refractivity (Wildman–Crippen MR) is 45.1 cm³/mol. The molecule has 0 aromatic rings. The minimum Gasteiger partial charge on any atom is -0.304 e. The molecular weight excluding hydrogens is 122 g/mol. The second-order valence-corrected chi connectivity index (χ2v) is 4.45. The van der Waals surface area contributed by atoms with Gasteiger partial charge in [-0.1, -0.05) is 13.8 Å². The summed E-state index contributed by atoms with van der Waals surface area (Å²) in [7, 11) is 2.22. The Kier molecular flexibility index (Phi) is 2.04. The van der Waals surface area contributed by atoms with Gasteiger partial charge < -0.3 is 4.90 Å². The van der Waals surface area contributed by atoms with E-state index in [0.717, 1.165) is 6.04 Å². The Balaban J connectivity index is 2.49. The fourth-order valence-corrected chi connectivity index (χ4v) is 1.76. The van der Waals surface area contributed by atoms with Gasteiger partial charge in [0.1, 0.15) is 0 Å². The van der Waals surface area contributed by atoms with Crippen molar-refractivity contribution in [3.63, 3.8) is 0 Å². The molecule has 1 atom stereocenters. The lowest BCUT2D eigenvalue weighted by molar-refractivity contribution is 0.103. The first-order valence-electron chi connectivity index (χ1n) is 4.21. The van der Waals surface area contributed by atoms with Gasteiger partial charge in [-0.3, -0.25) is 0 Å². The Morgan fingerprint density at radius 1 is 1.40 bits per heavy atom. The first kappa shape index (κ1) is 8.06. The third-order valence-corrected chi connectivity index (χ3v) is 2.74. The highest BCUT2D eigenvalue weighted by Crippen LogP contribution is 2.32. The summed E-state index contributed by atoms with van der Waals surface area (Å²) in [5.74, 6) is 0. The maximum absolute atomic E-state index is 2.45. The highest BCUT2D eigenvalue weighted by atomic mass is 15.1. The quantitative estimate of drug-likeness (QED) is 0.499. The third kappa shape index (κ3) is 1.72. The Morgan fingerprint density at radius 3 is 2.40 bits per heavy atom. The van der Waals surface area contributed by atoms with Crippen molar-refractivity contribution >= 4 is 0 Å². The van der Waals surface area contributed by atoms with E-state index in [1.165, 1.54) is 19.4 Å². The van der Waals surface area contributed by atoms with Gasteiger partial charge in [0.25, 0.3) is 0 Å². The summed E-state index contributed by atoms with van der Waals surface area (Å²) in [6.07, 6.45) is 2.71. The molecule has 0 aliphatic carbocycles. The molecule has 0 spiro atoms. The molecular formula is C9H19N. The molecule has 10 heavy (non-hydrogen) atoms. The van der Waals surface area contributed by atoms with E-state index < -0.39 is 0 Å². The Labute approximate surface area is 64.4 Å². The van der Waals surface area contributed by atoms with Crippen LogP contribution in [-0.4, -0.2) is 24.5 Å². The summed E-state index contributed by atoms with van der Waals surface area (Å²) in [5, 5.41) is 0. The Hall–Kier alpha value is -0.0400. The second-order valence-electron chi connectivity index (χ2n) is 4.45. The van der Waals surface area contributed by atoms with Crippen molar-refractivity contribution < 1.29 is 0 Å². The van der Waals surface area contributed by atoms with Crippen molar-refractivity contribution in [2.24, 2.45) is 5.41 Å². The molecule has 1 heterocycles. The minimum atomic E-state index is 0.589. The molecule has 1 nitrogen and oxygen atoms in total. The van der Waals surface area contributed by atoms with E-state index in [9.17, 15) is 0 Å². The molecule has 0 amide bonds. The smallest absolute Gasteiger partial charge is 0.00689 e. The summed E-state index contributed by atoms with van der Waals surface area (Å²) in [6, 6.07) is 0.781. The maximum Gasteiger partial charge on any atom is 0.00689 e. The predicted octanol–water partition coefficient (Wildman–Crippen LogP) is 2.13. The Bertz CT molecular complexity index is 118. The minimum absolute atomic E-state index is 0.589. The first-order valence-corrected chi connectivity index (χ1v) is 4.21. The van der Waals surface area contributed by atoms with Crippen LogP contribution in [0.3, 0.4) is 0 Å². The van der Waals surface area contributed by atoms with E-state index in [2.05, 4.69) is 32.7 Å². The van der Waals surface area contributed by atoms with Gasteiger partial charge in [0, 0.05) is 6.04 Å². The van der Waals surface area contributed by atoms with Gasteiger partial charge in [-0.05, 0) is 38.8 Å². The van der Waals surface area contributed by atoms with Gasteiger partial charge in [-0.2, -0.15) is 0 Å². The highest BCUT2D eigenvalue weighted by molar-refractivity contribution is 4.82. The molecule has 1 heteroatoms. The van der Waals surface area contributed by atoms with Crippen LogP contribution in [0.25, 0.3) is 0 Å². The number of nitrogens with zero attached hydrogens (tertiary/aromatic N) is 1. The zero-order valence-electron chi connectivity index (χ0n) is 7.65. The lowest BCUT2D eigenvalue weighted by Gasteiger charge is -2.39. The van der Waals surface area contributed by atoms with Crippen LogP contribution in [0.5, 0.6) is 0 Å². The van der Waals surface area contributed by atoms with Crippen molar-refractivity contribution in [3.05, 3.63) is 0 Å². The molecule has 1 unspecified atom stereocenters. The van der Waals surface area contributed by atoms with Crippen LogP contribution in [0.2, 0.25) is 0 Å². The standard InChI is InChI=1S/C9H19N/c1-8-7-9(2,3)5-6-10(8)4/h8H,5-7H2,1-4H3. The Morgan fingerprint density at radius 2 is 2.00 bits per heavy atom. The monoisotopic (exact) mass is 141 g/mol. The molecule has 0 aromatic heterocycles. The van der Waals surface area contributed by atoms with Crippen LogP contribution in [0.1, 0.15) is 33.6 Å². The van der Waals surface area contributed by atoms with Crippen LogP contribution in [0.4, 0.5) is 0 Å². The summed E-state index contributed by atoms with van der Waals surface area (Å²) in [4.78, 5) is 2.45. The zero-order chi connectivity index (χ0) is 7.78. The van der Waals surface area contributed by atoms with Crippen LogP contribution in [0.15, 0.2) is 0 Å². The summed E-state index contributed by atoms with van der Waals surface area (Å²) >= 11 is 0. The molecule has 0 saturated carbocycles. The van der Waals surface area contributed by atoms with E-state index in [0.29, 0.717) is 5.41 Å². The van der Waals surface area contributed by atoms with Crippen molar-refractivity contribution in [2.45, 2.75) is 39.7 Å². The molecule has 0 bridgehead atoms. The topological polar surface area (TPSA) is 3.24 Å². The molecule has 1 aliphatic heterocycles. The van der Waals surface area contributed by atoms with Crippen LogP contribution < -0.4 is 0 Å². The highest BCUT2D eigenvalue weighted by Gasteiger charge is 2.28. The fraction of sp³-hybridized carbons (Fsp3) is 1.00. The summed E-state index contributed by atoms with van der Waals surface area (Å²) in [6.45, 7) is 8.34. The van der Waals surface area contributed by atoms with Crippen LogP contribution in [-0.2, 0) is 0 Å². The van der Waals surface area contributed by atoms with E-state index in [1.54, 1.807) is 0 Å². The lowest BCUT2D eigenvalue weighted by atomic mass is 9.79. The van der Waals surface area contributed by atoms with Crippen molar-refractivity contribution in [1.29, 1.82) is 0 Å². The third-order valence-electron chi connectivity index (χ3n) is 2.74. The van der Waals surface area contributed by atoms with Gasteiger partial charge in [0.15, 0.2) is 0 Å². The number of piperidine rings is 1. The summed E-state index contributed by atoms with van der Waals surface area (Å²) < 4.78 is 0.